The second kappa shape index (κ2) is 10.1. The van der Waals surface area contributed by atoms with Gasteiger partial charge in [0, 0.05) is 42.5 Å². The summed E-state index contributed by atoms with van der Waals surface area (Å²) in [5.74, 6) is 1.81. The van der Waals surface area contributed by atoms with Crippen molar-refractivity contribution in [2.24, 2.45) is 0 Å². The minimum atomic E-state index is -0.0631. The van der Waals surface area contributed by atoms with Crippen LogP contribution < -0.4 is 15.4 Å². The summed E-state index contributed by atoms with van der Waals surface area (Å²) in [5.41, 5.74) is 2.21. The number of likely N-dealkylation sites (tertiary alicyclic amines) is 1. The lowest BCUT2D eigenvalue weighted by Gasteiger charge is -2.33. The molecule has 5 rings (SSSR count). The summed E-state index contributed by atoms with van der Waals surface area (Å²) in [5, 5.41) is 7.32. The van der Waals surface area contributed by atoms with Gasteiger partial charge in [0.05, 0.1) is 0 Å². The second-order valence-electron chi connectivity index (χ2n) is 9.77. The van der Waals surface area contributed by atoms with Crippen molar-refractivity contribution in [2.75, 3.05) is 19.7 Å². The molecular weight excluding hydrogens is 418 g/mol. The monoisotopic (exact) mass is 453 g/mol. The highest BCUT2D eigenvalue weighted by atomic mass is 16.5. The Bertz CT molecular complexity index is 987. The molecule has 2 aromatic rings. The van der Waals surface area contributed by atoms with Crippen LogP contribution in [0.25, 0.3) is 11.0 Å². The van der Waals surface area contributed by atoms with Crippen molar-refractivity contribution < 1.29 is 18.7 Å². The molecule has 0 bridgehead atoms. The molecule has 1 aromatic carbocycles. The number of fused-ring (bicyclic) bond motifs is 3. The number of benzene rings is 1. The average molecular weight is 454 g/mol. The predicted octanol–water partition coefficient (Wildman–Crippen LogP) is 4.31. The Balaban J connectivity index is 1.07. The normalized spacial score (nSPS) is 19.8. The number of furan rings is 1. The molecule has 0 radical (unpaired) electrons. The summed E-state index contributed by atoms with van der Waals surface area (Å²) >= 11 is 0. The van der Waals surface area contributed by atoms with Gasteiger partial charge in [0.2, 0.25) is 0 Å². The van der Waals surface area contributed by atoms with Crippen LogP contribution in [0.3, 0.4) is 0 Å². The first kappa shape index (κ1) is 22.1. The van der Waals surface area contributed by atoms with Gasteiger partial charge in [-0.2, -0.15) is 0 Å². The van der Waals surface area contributed by atoms with Gasteiger partial charge in [0.15, 0.2) is 6.61 Å². The molecule has 7 nitrogen and oxygen atoms in total. The Morgan fingerprint density at radius 3 is 2.45 bits per heavy atom. The fourth-order valence-electron chi connectivity index (χ4n) is 5.50. The first-order chi connectivity index (χ1) is 16.2. The molecule has 2 heterocycles. The van der Waals surface area contributed by atoms with Crippen molar-refractivity contribution in [3.8, 4) is 5.75 Å². The maximum atomic E-state index is 12.7. The highest BCUT2D eigenvalue weighted by Gasteiger charge is 2.25. The SMILES string of the molecule is O=C(NC1CCCCC1)NC1CCN(C(=O)COc2ccc3oc4c(c3c2)CCCC4)CC1. The molecule has 33 heavy (non-hydrogen) atoms. The van der Waals surface area contributed by atoms with Gasteiger partial charge in [-0.1, -0.05) is 19.3 Å². The fourth-order valence-corrected chi connectivity index (χ4v) is 5.50. The third-order valence-corrected chi connectivity index (χ3v) is 7.41. The Hall–Kier alpha value is -2.70. The summed E-state index contributed by atoms with van der Waals surface area (Å²) < 4.78 is 11.8. The van der Waals surface area contributed by atoms with Crippen LogP contribution in [0.4, 0.5) is 4.79 Å². The number of urea groups is 1. The van der Waals surface area contributed by atoms with E-state index in [1.807, 2.05) is 23.1 Å². The number of hydrogen-bond acceptors (Lipinski definition) is 4. The van der Waals surface area contributed by atoms with E-state index in [1.165, 1.54) is 37.7 Å². The third-order valence-electron chi connectivity index (χ3n) is 7.41. The van der Waals surface area contributed by atoms with E-state index in [1.54, 1.807) is 0 Å². The number of ether oxygens (including phenoxy) is 1. The van der Waals surface area contributed by atoms with E-state index in [-0.39, 0.29) is 24.6 Å². The van der Waals surface area contributed by atoms with Crippen LogP contribution in [0.15, 0.2) is 22.6 Å². The second-order valence-corrected chi connectivity index (χ2v) is 9.77. The topological polar surface area (TPSA) is 83.8 Å². The number of rotatable bonds is 5. The minimum absolute atomic E-state index is 0.00516. The molecular formula is C26H35N3O4. The number of carbonyl (C=O) groups is 2. The van der Waals surface area contributed by atoms with Crippen molar-refractivity contribution in [3.05, 3.63) is 29.5 Å². The van der Waals surface area contributed by atoms with E-state index < -0.39 is 0 Å². The number of amides is 3. The zero-order valence-electron chi connectivity index (χ0n) is 19.4. The summed E-state index contributed by atoms with van der Waals surface area (Å²) in [6.07, 6.45) is 11.8. The zero-order valence-corrected chi connectivity index (χ0v) is 19.4. The van der Waals surface area contributed by atoms with Crippen LogP contribution in [0.1, 0.15) is 69.1 Å². The van der Waals surface area contributed by atoms with Gasteiger partial charge in [-0.15, -0.1) is 0 Å². The zero-order chi connectivity index (χ0) is 22.6. The summed E-state index contributed by atoms with van der Waals surface area (Å²) in [7, 11) is 0. The molecule has 2 aliphatic carbocycles. The molecule has 0 atom stereocenters. The maximum absolute atomic E-state index is 12.7. The van der Waals surface area contributed by atoms with E-state index >= 15 is 0 Å². The van der Waals surface area contributed by atoms with Crippen LogP contribution in [0.5, 0.6) is 5.75 Å². The number of aryl methyl sites for hydroxylation is 2. The predicted molar refractivity (Wildman–Crippen MR) is 126 cm³/mol. The highest BCUT2D eigenvalue weighted by molar-refractivity contribution is 5.84. The van der Waals surface area contributed by atoms with Gasteiger partial charge in [-0.05, 0) is 63.1 Å². The molecule has 1 aromatic heterocycles. The van der Waals surface area contributed by atoms with Crippen LogP contribution in [0.2, 0.25) is 0 Å². The van der Waals surface area contributed by atoms with Crippen molar-refractivity contribution in [1.82, 2.24) is 15.5 Å². The lowest BCUT2D eigenvalue weighted by Crippen LogP contribution is -2.51. The summed E-state index contributed by atoms with van der Waals surface area (Å²) in [4.78, 5) is 26.8. The lowest BCUT2D eigenvalue weighted by atomic mass is 9.96. The van der Waals surface area contributed by atoms with Gasteiger partial charge in [-0.25, -0.2) is 4.79 Å². The quantitative estimate of drug-likeness (QED) is 0.707. The lowest BCUT2D eigenvalue weighted by molar-refractivity contribution is -0.134. The highest BCUT2D eigenvalue weighted by Crippen LogP contribution is 2.34. The van der Waals surface area contributed by atoms with E-state index in [0.717, 1.165) is 55.3 Å². The van der Waals surface area contributed by atoms with Crippen molar-refractivity contribution in [2.45, 2.75) is 82.7 Å². The minimum Gasteiger partial charge on any atom is -0.484 e. The van der Waals surface area contributed by atoms with Crippen molar-refractivity contribution >= 4 is 22.9 Å². The molecule has 0 unspecified atom stereocenters. The molecule has 3 amide bonds. The summed E-state index contributed by atoms with van der Waals surface area (Å²) in [6.45, 7) is 1.32. The van der Waals surface area contributed by atoms with Crippen LogP contribution in [0, 0.1) is 0 Å². The van der Waals surface area contributed by atoms with Gasteiger partial charge >= 0.3 is 6.03 Å². The standard InChI is InChI=1S/C26H35N3O4/c30-25(17-32-20-10-11-24-22(16-20)21-8-4-5-9-23(21)33-24)29-14-12-19(13-15-29)28-26(31)27-18-6-2-1-3-7-18/h10-11,16,18-19H,1-9,12-15,17H2,(H2,27,28,31). The van der Waals surface area contributed by atoms with Crippen LogP contribution in [-0.2, 0) is 17.6 Å². The number of nitrogens with zero attached hydrogens (tertiary/aromatic N) is 1. The Kier molecular flexibility index (Phi) is 6.74. The summed E-state index contributed by atoms with van der Waals surface area (Å²) in [6, 6.07) is 6.20. The molecule has 0 spiro atoms. The van der Waals surface area contributed by atoms with Crippen LogP contribution in [-0.4, -0.2) is 48.6 Å². The van der Waals surface area contributed by atoms with Gasteiger partial charge in [0.1, 0.15) is 17.1 Å². The Morgan fingerprint density at radius 1 is 0.939 bits per heavy atom. The molecule has 1 saturated heterocycles. The smallest absolute Gasteiger partial charge is 0.315 e. The first-order valence-electron chi connectivity index (χ1n) is 12.7. The largest absolute Gasteiger partial charge is 0.484 e. The van der Waals surface area contributed by atoms with E-state index in [0.29, 0.717) is 24.9 Å². The Labute approximate surface area is 195 Å². The van der Waals surface area contributed by atoms with Gasteiger partial charge < -0.3 is 24.7 Å². The van der Waals surface area contributed by atoms with Crippen LogP contribution >= 0.6 is 0 Å². The number of nitrogens with one attached hydrogen (secondary N) is 2. The number of carbonyl (C=O) groups excluding carboxylic acids is 2. The molecule has 3 aliphatic rings. The van der Waals surface area contributed by atoms with E-state index in [2.05, 4.69) is 10.6 Å². The fraction of sp³-hybridized carbons (Fsp3) is 0.615. The van der Waals surface area contributed by atoms with Gasteiger partial charge in [0.25, 0.3) is 5.91 Å². The molecule has 2 N–H and O–H groups in total. The third kappa shape index (κ3) is 5.28. The number of hydrogen-bond donors (Lipinski definition) is 2. The molecule has 7 heteroatoms. The maximum Gasteiger partial charge on any atom is 0.315 e. The van der Waals surface area contributed by atoms with Crippen molar-refractivity contribution in [3.63, 3.8) is 0 Å². The Morgan fingerprint density at radius 2 is 1.67 bits per heavy atom. The van der Waals surface area contributed by atoms with E-state index in [9.17, 15) is 9.59 Å². The first-order valence-corrected chi connectivity index (χ1v) is 12.7. The molecule has 178 valence electrons. The molecule has 1 aliphatic heterocycles. The average Bonchev–Trinajstić information content (AvgIpc) is 3.21. The molecule has 2 fully saturated rings. The van der Waals surface area contributed by atoms with Gasteiger partial charge in [-0.3, -0.25) is 4.79 Å². The molecule has 1 saturated carbocycles. The van der Waals surface area contributed by atoms with Crippen molar-refractivity contribution in [1.29, 1.82) is 0 Å². The number of piperidine rings is 1. The van der Waals surface area contributed by atoms with E-state index in [4.69, 9.17) is 9.15 Å².